The van der Waals surface area contributed by atoms with Crippen molar-refractivity contribution in [1.29, 1.82) is 0 Å². The van der Waals surface area contributed by atoms with Crippen LogP contribution < -0.4 is 5.73 Å². The van der Waals surface area contributed by atoms with Crippen molar-refractivity contribution in [2.45, 2.75) is 31.5 Å². The van der Waals surface area contributed by atoms with Crippen molar-refractivity contribution in [3.63, 3.8) is 0 Å². The Hall–Kier alpha value is -2.62. The van der Waals surface area contributed by atoms with Gasteiger partial charge in [0.2, 0.25) is 5.91 Å². The average Bonchev–Trinajstić information content (AvgIpc) is 3.38. The smallest absolute Gasteiger partial charge is 0.374 e. The summed E-state index contributed by atoms with van der Waals surface area (Å²) in [6.45, 7) is 1.69. The highest BCUT2D eigenvalue weighted by atomic mass is 35.5. The number of benzene rings is 2. The molecule has 1 amide bonds. The summed E-state index contributed by atoms with van der Waals surface area (Å²) in [5.74, 6) is -0.637. The molecule has 1 atom stereocenters. The Morgan fingerprint density at radius 2 is 1.94 bits per heavy atom. The minimum Gasteiger partial charge on any atom is -0.374 e. The highest BCUT2D eigenvalue weighted by molar-refractivity contribution is 7.09. The average molecular weight is 514 g/mol. The summed E-state index contributed by atoms with van der Waals surface area (Å²) in [4.78, 5) is 21.2. The molecule has 2 aromatic carbocycles. The second-order valence-corrected chi connectivity index (χ2v) is 9.37. The number of carbonyl (C=O) groups excluding carboxylic acids is 1. The quantitative estimate of drug-likeness (QED) is 0.452. The number of hydrogen-bond acceptors (Lipinski definition) is 5. The van der Waals surface area contributed by atoms with Crippen LogP contribution >= 0.6 is 34.5 Å². The number of nitrogens with two attached hydrogens (primary N) is 1. The number of carbonyl (C=O) groups is 1. The van der Waals surface area contributed by atoms with Crippen molar-refractivity contribution in [3.05, 3.63) is 84.8 Å². The maximum Gasteiger partial charge on any atom is 0.435 e. The molecule has 33 heavy (non-hydrogen) atoms. The Morgan fingerprint density at radius 3 is 2.52 bits per heavy atom. The highest BCUT2D eigenvalue weighted by Gasteiger charge is 2.62. The molecule has 0 saturated heterocycles. The Morgan fingerprint density at radius 1 is 1.24 bits per heavy atom. The Labute approximate surface area is 201 Å². The normalized spacial score (nSPS) is 18.2. The van der Waals surface area contributed by atoms with E-state index in [2.05, 4.69) is 10.1 Å². The lowest BCUT2D eigenvalue weighted by atomic mass is 9.84. The van der Waals surface area contributed by atoms with Crippen LogP contribution in [0, 0.1) is 6.92 Å². The van der Waals surface area contributed by atoms with E-state index in [-0.39, 0.29) is 26.9 Å². The van der Waals surface area contributed by atoms with Crippen molar-refractivity contribution in [2.75, 3.05) is 0 Å². The van der Waals surface area contributed by atoms with Gasteiger partial charge >= 0.3 is 6.18 Å². The fourth-order valence-corrected chi connectivity index (χ4v) is 5.00. The molecular weight excluding hydrogens is 498 g/mol. The molecule has 0 saturated carbocycles. The number of alkyl halides is 3. The molecule has 1 aliphatic heterocycles. The molecule has 5 nitrogen and oxygen atoms in total. The van der Waals surface area contributed by atoms with Crippen LogP contribution in [0.2, 0.25) is 10.0 Å². The molecule has 1 unspecified atom stereocenters. The summed E-state index contributed by atoms with van der Waals surface area (Å²) >= 11 is 13.3. The van der Waals surface area contributed by atoms with Crippen LogP contribution in [0.5, 0.6) is 0 Å². The number of oxime groups is 1. The van der Waals surface area contributed by atoms with Crippen molar-refractivity contribution < 1.29 is 22.8 Å². The fraction of sp³-hybridized carbons (Fsp3) is 0.227. The zero-order valence-corrected chi connectivity index (χ0v) is 19.4. The zero-order valence-electron chi connectivity index (χ0n) is 17.0. The molecule has 0 aliphatic carbocycles. The van der Waals surface area contributed by atoms with Gasteiger partial charge < -0.3 is 10.6 Å². The van der Waals surface area contributed by atoms with E-state index in [1.54, 1.807) is 18.5 Å². The molecule has 2 N–H and O–H groups in total. The van der Waals surface area contributed by atoms with Crippen molar-refractivity contribution in [2.24, 2.45) is 10.9 Å². The number of amides is 1. The van der Waals surface area contributed by atoms with E-state index in [0.29, 0.717) is 23.1 Å². The summed E-state index contributed by atoms with van der Waals surface area (Å²) in [6.07, 6.45) is -3.50. The van der Waals surface area contributed by atoms with Crippen LogP contribution in [0.15, 0.2) is 47.1 Å². The minimum atomic E-state index is -4.82. The van der Waals surface area contributed by atoms with Gasteiger partial charge in [-0.25, -0.2) is 4.98 Å². The van der Waals surface area contributed by atoms with E-state index < -0.39 is 24.1 Å². The first kappa shape index (κ1) is 23.5. The second kappa shape index (κ2) is 8.62. The van der Waals surface area contributed by atoms with Gasteiger partial charge in [0.1, 0.15) is 0 Å². The van der Waals surface area contributed by atoms with Crippen LogP contribution in [-0.2, 0) is 16.9 Å². The van der Waals surface area contributed by atoms with Gasteiger partial charge in [0.25, 0.3) is 5.60 Å². The van der Waals surface area contributed by atoms with Crippen LogP contribution in [0.3, 0.4) is 0 Å². The summed E-state index contributed by atoms with van der Waals surface area (Å²) in [5.41, 5.74) is 4.40. The third-order valence-corrected chi connectivity index (χ3v) is 6.72. The lowest BCUT2D eigenvalue weighted by Gasteiger charge is -2.29. The third-order valence-electron chi connectivity index (χ3n) is 5.50. The standard InChI is InChI=1S/C22H16Cl2F3N3O2S/c1-11-15(20(28)31)2-3-16(17(11)9-19-29-4-5-33-19)18-10-21(32-30-18,22(25,26)27)12-6-13(23)8-14(24)7-12/h2-8H,9-10H2,1H3,(H2,28,31). The van der Waals surface area contributed by atoms with Gasteiger partial charge in [-0.1, -0.05) is 34.4 Å². The van der Waals surface area contributed by atoms with Gasteiger partial charge in [0, 0.05) is 51.2 Å². The van der Waals surface area contributed by atoms with Crippen LogP contribution in [0.4, 0.5) is 13.2 Å². The predicted octanol–water partition coefficient (Wildman–Crippen LogP) is 6.03. The van der Waals surface area contributed by atoms with E-state index in [1.807, 2.05) is 0 Å². The number of hydrogen-bond donors (Lipinski definition) is 1. The Bertz CT molecular complexity index is 1240. The summed E-state index contributed by atoms with van der Waals surface area (Å²) in [5, 5.41) is 6.45. The first-order valence-electron chi connectivity index (χ1n) is 9.61. The number of primary amides is 1. The minimum absolute atomic E-state index is 0.0456. The molecule has 1 aromatic heterocycles. The first-order chi connectivity index (χ1) is 15.5. The fourth-order valence-electron chi connectivity index (χ4n) is 3.85. The number of halogens is 5. The molecule has 1 aliphatic rings. The molecule has 0 fully saturated rings. The lowest BCUT2D eigenvalue weighted by molar-refractivity contribution is -0.275. The van der Waals surface area contributed by atoms with Gasteiger partial charge in [-0.2, -0.15) is 13.2 Å². The van der Waals surface area contributed by atoms with E-state index in [1.165, 1.54) is 29.5 Å². The second-order valence-electron chi connectivity index (χ2n) is 7.52. The molecule has 0 bridgehead atoms. The molecule has 4 rings (SSSR count). The van der Waals surface area contributed by atoms with Gasteiger partial charge in [-0.3, -0.25) is 4.79 Å². The van der Waals surface area contributed by atoms with Crippen LogP contribution in [0.25, 0.3) is 0 Å². The summed E-state index contributed by atoms with van der Waals surface area (Å²) < 4.78 is 43.1. The Kier molecular flexibility index (Phi) is 6.15. The number of aromatic nitrogens is 1. The van der Waals surface area contributed by atoms with Gasteiger partial charge in [0.15, 0.2) is 0 Å². The van der Waals surface area contributed by atoms with E-state index in [9.17, 15) is 18.0 Å². The summed E-state index contributed by atoms with van der Waals surface area (Å²) in [7, 11) is 0. The van der Waals surface area contributed by atoms with Gasteiger partial charge in [-0.05, 0) is 42.3 Å². The molecule has 11 heteroatoms. The van der Waals surface area contributed by atoms with Crippen molar-refractivity contribution in [3.8, 4) is 0 Å². The number of thiazole rings is 1. The zero-order chi connectivity index (χ0) is 24.0. The van der Waals surface area contributed by atoms with Gasteiger partial charge in [-0.15, -0.1) is 11.3 Å². The maximum atomic E-state index is 14.4. The van der Waals surface area contributed by atoms with E-state index in [0.717, 1.165) is 17.1 Å². The van der Waals surface area contributed by atoms with Crippen molar-refractivity contribution in [1.82, 2.24) is 4.98 Å². The maximum absolute atomic E-state index is 14.4. The highest BCUT2D eigenvalue weighted by Crippen LogP contribution is 2.50. The monoisotopic (exact) mass is 513 g/mol. The van der Waals surface area contributed by atoms with E-state index >= 15 is 0 Å². The lowest BCUT2D eigenvalue weighted by Crippen LogP contribution is -2.42. The van der Waals surface area contributed by atoms with Gasteiger partial charge in [0.05, 0.1) is 10.7 Å². The molecule has 2 heterocycles. The Balaban J connectivity index is 1.82. The number of rotatable bonds is 5. The molecule has 0 spiro atoms. The molecular formula is C22H16Cl2F3N3O2S. The van der Waals surface area contributed by atoms with Crippen LogP contribution in [0.1, 0.15) is 44.0 Å². The first-order valence-corrected chi connectivity index (χ1v) is 11.2. The van der Waals surface area contributed by atoms with Crippen LogP contribution in [-0.4, -0.2) is 22.8 Å². The van der Waals surface area contributed by atoms with E-state index in [4.69, 9.17) is 33.8 Å². The van der Waals surface area contributed by atoms with Crippen molar-refractivity contribution >= 4 is 46.2 Å². The molecule has 0 radical (unpaired) electrons. The molecule has 3 aromatic rings. The predicted molar refractivity (Wildman–Crippen MR) is 121 cm³/mol. The SMILES string of the molecule is Cc1c(C(N)=O)ccc(C2=NOC(c3cc(Cl)cc(Cl)c3)(C(F)(F)F)C2)c1Cc1nccs1. The largest absolute Gasteiger partial charge is 0.435 e. The topological polar surface area (TPSA) is 77.6 Å². The number of nitrogens with zero attached hydrogens (tertiary/aromatic N) is 2. The summed E-state index contributed by atoms with van der Waals surface area (Å²) in [6, 6.07) is 6.68. The third kappa shape index (κ3) is 4.32. The molecule has 172 valence electrons.